The zero-order valence-corrected chi connectivity index (χ0v) is 19.3. The molecular formula is C23H20ClN3O5S. The van der Waals surface area contributed by atoms with Gasteiger partial charge in [-0.2, -0.15) is 0 Å². The van der Waals surface area contributed by atoms with Crippen molar-refractivity contribution in [3.8, 4) is 23.0 Å². The molecule has 3 aromatic carbocycles. The monoisotopic (exact) mass is 485 g/mol. The van der Waals surface area contributed by atoms with Crippen molar-refractivity contribution in [2.24, 2.45) is 5.73 Å². The Hall–Kier alpha value is -3.69. The van der Waals surface area contributed by atoms with Crippen LogP contribution in [-0.4, -0.2) is 25.2 Å². The first kappa shape index (κ1) is 22.5. The third-order valence-corrected chi connectivity index (χ3v) is 5.37. The quantitative estimate of drug-likeness (QED) is 0.430. The van der Waals surface area contributed by atoms with Gasteiger partial charge < -0.3 is 35.3 Å². The van der Waals surface area contributed by atoms with Gasteiger partial charge in [0.05, 0.1) is 30.5 Å². The number of halogens is 1. The smallest absolute Gasteiger partial charge is 0.268 e. The molecule has 1 atom stereocenters. The SMILES string of the molecule is COc1cc(OC)c(NC(=S)Nc2ccc(C3Oc4cccc(C(N)=O)c4O3)cc2)cc1Cl. The lowest BCUT2D eigenvalue weighted by atomic mass is 10.2. The van der Waals surface area contributed by atoms with Crippen LogP contribution in [0, 0.1) is 0 Å². The zero-order valence-electron chi connectivity index (χ0n) is 17.7. The molecule has 1 aliphatic rings. The van der Waals surface area contributed by atoms with E-state index in [0.29, 0.717) is 38.8 Å². The fourth-order valence-electron chi connectivity index (χ4n) is 3.27. The number of hydrogen-bond acceptors (Lipinski definition) is 6. The lowest BCUT2D eigenvalue weighted by molar-refractivity contribution is 0.0482. The molecule has 0 saturated heterocycles. The summed E-state index contributed by atoms with van der Waals surface area (Å²) in [6.45, 7) is 0. The van der Waals surface area contributed by atoms with Gasteiger partial charge in [-0.3, -0.25) is 4.79 Å². The van der Waals surface area contributed by atoms with Crippen molar-refractivity contribution in [2.75, 3.05) is 24.9 Å². The molecule has 1 amide bonds. The summed E-state index contributed by atoms with van der Waals surface area (Å²) >= 11 is 11.6. The van der Waals surface area contributed by atoms with E-state index in [9.17, 15) is 4.79 Å². The number of nitrogens with one attached hydrogen (secondary N) is 2. The Bertz CT molecular complexity index is 1220. The highest BCUT2D eigenvalue weighted by molar-refractivity contribution is 7.80. The summed E-state index contributed by atoms with van der Waals surface area (Å²) in [4.78, 5) is 11.6. The Morgan fingerprint density at radius 1 is 1.03 bits per heavy atom. The normalized spacial score (nSPS) is 13.8. The molecule has 3 aromatic rings. The number of benzene rings is 3. The van der Waals surface area contributed by atoms with E-state index in [1.54, 1.807) is 37.4 Å². The van der Waals surface area contributed by atoms with E-state index in [0.717, 1.165) is 11.3 Å². The van der Waals surface area contributed by atoms with E-state index in [2.05, 4.69) is 10.6 Å². The fraction of sp³-hybridized carbons (Fsp3) is 0.130. The summed E-state index contributed by atoms with van der Waals surface area (Å²) in [6.07, 6.45) is -0.690. The second-order valence-electron chi connectivity index (χ2n) is 6.95. The van der Waals surface area contributed by atoms with Crippen LogP contribution in [0.3, 0.4) is 0 Å². The van der Waals surface area contributed by atoms with Gasteiger partial charge in [0.1, 0.15) is 11.5 Å². The molecule has 0 aliphatic carbocycles. The summed E-state index contributed by atoms with van der Waals surface area (Å²) < 4.78 is 22.2. The number of carbonyl (C=O) groups excluding carboxylic acids is 1. The molecule has 0 saturated carbocycles. The molecule has 33 heavy (non-hydrogen) atoms. The van der Waals surface area contributed by atoms with Gasteiger partial charge in [-0.25, -0.2) is 0 Å². The average Bonchev–Trinajstić information content (AvgIpc) is 3.24. The van der Waals surface area contributed by atoms with Gasteiger partial charge in [-0.1, -0.05) is 17.7 Å². The maximum atomic E-state index is 11.6. The molecule has 170 valence electrons. The van der Waals surface area contributed by atoms with Gasteiger partial charge in [-0.15, -0.1) is 0 Å². The summed E-state index contributed by atoms with van der Waals surface area (Å²) in [5, 5.41) is 6.92. The molecule has 10 heteroatoms. The van der Waals surface area contributed by atoms with E-state index >= 15 is 0 Å². The molecule has 0 aromatic heterocycles. The number of rotatable bonds is 6. The second kappa shape index (κ2) is 9.43. The Morgan fingerprint density at radius 3 is 2.42 bits per heavy atom. The highest BCUT2D eigenvalue weighted by atomic mass is 35.5. The lowest BCUT2D eigenvalue weighted by Crippen LogP contribution is -2.19. The summed E-state index contributed by atoms with van der Waals surface area (Å²) in [5.74, 6) is 1.26. The minimum absolute atomic E-state index is 0.277. The lowest BCUT2D eigenvalue weighted by Gasteiger charge is -2.16. The molecule has 8 nitrogen and oxygen atoms in total. The van der Waals surface area contributed by atoms with Crippen molar-refractivity contribution in [3.63, 3.8) is 0 Å². The van der Waals surface area contributed by atoms with E-state index in [1.807, 2.05) is 24.3 Å². The number of hydrogen-bond donors (Lipinski definition) is 3. The number of nitrogens with two attached hydrogens (primary N) is 1. The number of fused-ring (bicyclic) bond motifs is 1. The summed E-state index contributed by atoms with van der Waals surface area (Å²) in [7, 11) is 3.07. The molecule has 0 spiro atoms. The zero-order chi connectivity index (χ0) is 23.5. The van der Waals surface area contributed by atoms with Crippen LogP contribution in [0.5, 0.6) is 23.0 Å². The molecular weight excluding hydrogens is 466 g/mol. The number of carbonyl (C=O) groups is 1. The maximum Gasteiger partial charge on any atom is 0.268 e. The molecule has 1 heterocycles. The third-order valence-electron chi connectivity index (χ3n) is 4.87. The van der Waals surface area contributed by atoms with Gasteiger partial charge in [0.25, 0.3) is 12.2 Å². The Labute approximate surface area is 200 Å². The molecule has 0 radical (unpaired) electrons. The van der Waals surface area contributed by atoms with Crippen LogP contribution in [0.4, 0.5) is 11.4 Å². The van der Waals surface area contributed by atoms with Crippen LogP contribution < -0.4 is 35.3 Å². The Morgan fingerprint density at radius 2 is 1.76 bits per heavy atom. The minimum Gasteiger partial charge on any atom is -0.495 e. The van der Waals surface area contributed by atoms with Gasteiger partial charge in [0.2, 0.25) is 0 Å². The van der Waals surface area contributed by atoms with Crippen LogP contribution in [0.25, 0.3) is 0 Å². The predicted molar refractivity (Wildman–Crippen MR) is 130 cm³/mol. The van der Waals surface area contributed by atoms with E-state index in [4.69, 9.17) is 48.5 Å². The van der Waals surface area contributed by atoms with Crippen LogP contribution in [0.1, 0.15) is 22.2 Å². The van der Waals surface area contributed by atoms with Gasteiger partial charge >= 0.3 is 0 Å². The maximum absolute atomic E-state index is 11.6. The molecule has 4 N–H and O–H groups in total. The number of amides is 1. The van der Waals surface area contributed by atoms with Crippen molar-refractivity contribution in [1.29, 1.82) is 0 Å². The number of thiocarbonyl (C=S) groups is 1. The molecule has 0 fully saturated rings. The van der Waals surface area contributed by atoms with Crippen LogP contribution >= 0.6 is 23.8 Å². The first-order valence-corrected chi connectivity index (χ1v) is 10.5. The van der Waals surface area contributed by atoms with E-state index < -0.39 is 12.2 Å². The van der Waals surface area contributed by atoms with Crippen molar-refractivity contribution in [2.45, 2.75) is 6.29 Å². The molecule has 1 aliphatic heterocycles. The number of ether oxygens (including phenoxy) is 4. The average molecular weight is 486 g/mol. The van der Waals surface area contributed by atoms with Crippen LogP contribution in [-0.2, 0) is 0 Å². The van der Waals surface area contributed by atoms with Gasteiger partial charge in [0, 0.05) is 17.3 Å². The third kappa shape index (κ3) is 4.74. The fourth-order valence-corrected chi connectivity index (χ4v) is 3.74. The molecule has 4 rings (SSSR count). The summed E-state index contributed by atoms with van der Waals surface area (Å²) in [6, 6.07) is 15.7. The Kier molecular flexibility index (Phi) is 6.43. The van der Waals surface area contributed by atoms with Crippen LogP contribution in [0.2, 0.25) is 5.02 Å². The standard InChI is InChI=1S/C23H20ClN3O5S/c1-29-18-11-19(30-2)16(10-15(18)24)27-23(33)26-13-8-6-12(7-9-13)22-31-17-5-3-4-14(21(25)28)20(17)32-22/h3-11,22H,1-2H3,(H2,25,28)(H2,26,27,33). The number of methoxy groups -OCH3 is 2. The first-order chi connectivity index (χ1) is 15.9. The number of anilines is 2. The topological polar surface area (TPSA) is 104 Å². The van der Waals surface area contributed by atoms with Gasteiger partial charge in [0.15, 0.2) is 16.6 Å². The van der Waals surface area contributed by atoms with Crippen molar-refractivity contribution in [1.82, 2.24) is 0 Å². The largest absolute Gasteiger partial charge is 0.495 e. The summed E-state index contributed by atoms with van der Waals surface area (Å²) in [5.41, 5.74) is 7.78. The number of para-hydroxylation sites is 1. The minimum atomic E-state index is -0.690. The number of primary amides is 1. The van der Waals surface area contributed by atoms with Crippen molar-refractivity contribution < 1.29 is 23.7 Å². The predicted octanol–water partition coefficient (Wildman–Crippen LogP) is 4.74. The van der Waals surface area contributed by atoms with Crippen molar-refractivity contribution in [3.05, 3.63) is 70.7 Å². The van der Waals surface area contributed by atoms with Gasteiger partial charge in [-0.05, 0) is 54.7 Å². The highest BCUT2D eigenvalue weighted by Gasteiger charge is 2.29. The van der Waals surface area contributed by atoms with Crippen molar-refractivity contribution >= 4 is 46.2 Å². The first-order valence-electron chi connectivity index (χ1n) is 9.75. The second-order valence-corrected chi connectivity index (χ2v) is 7.77. The highest BCUT2D eigenvalue weighted by Crippen LogP contribution is 2.42. The van der Waals surface area contributed by atoms with Crippen LogP contribution in [0.15, 0.2) is 54.6 Å². The van der Waals surface area contributed by atoms with E-state index in [1.165, 1.54) is 7.11 Å². The molecule has 0 bridgehead atoms. The Balaban J connectivity index is 1.42. The molecule has 1 unspecified atom stereocenters. The van der Waals surface area contributed by atoms with E-state index in [-0.39, 0.29) is 5.56 Å².